The summed E-state index contributed by atoms with van der Waals surface area (Å²) in [5, 5.41) is 4.94. The average Bonchev–Trinajstić information content (AvgIpc) is 2.61. The molecular weight excluding hydrogens is 389 g/mol. The lowest BCUT2D eigenvalue weighted by atomic mass is 10.1. The first kappa shape index (κ1) is 21.7. The van der Waals surface area contributed by atoms with Gasteiger partial charge in [-0.15, -0.1) is 0 Å². The highest BCUT2D eigenvalue weighted by Gasteiger charge is 2.30. The zero-order valence-electron chi connectivity index (χ0n) is 15.5. The van der Waals surface area contributed by atoms with E-state index in [1.807, 2.05) is 0 Å². The molecule has 0 saturated heterocycles. The number of halogens is 3. The molecule has 2 aromatic rings. The van der Waals surface area contributed by atoms with Crippen molar-refractivity contribution < 1.29 is 22.7 Å². The lowest BCUT2D eigenvalue weighted by molar-refractivity contribution is -0.137. The number of rotatable bonds is 6. The quantitative estimate of drug-likeness (QED) is 0.638. The lowest BCUT2D eigenvalue weighted by Crippen LogP contribution is -2.34. The Balaban J connectivity index is 2.02. The first-order chi connectivity index (χ1) is 13.2. The molecule has 0 fully saturated rings. The number of carbonyl (C=O) groups excluding carboxylic acids is 1. The summed E-state index contributed by atoms with van der Waals surface area (Å²) in [6.45, 7) is 4.61. The van der Waals surface area contributed by atoms with Gasteiger partial charge in [0.1, 0.15) is 5.75 Å². The minimum atomic E-state index is -4.46. The maximum atomic E-state index is 12.8. The van der Waals surface area contributed by atoms with E-state index < -0.39 is 17.6 Å². The van der Waals surface area contributed by atoms with E-state index in [1.54, 1.807) is 24.3 Å². The van der Waals surface area contributed by atoms with Crippen molar-refractivity contribution in [2.45, 2.75) is 26.4 Å². The van der Waals surface area contributed by atoms with Gasteiger partial charge < -0.3 is 10.1 Å². The second-order valence-corrected chi connectivity index (χ2v) is 6.92. The molecule has 0 aliphatic heterocycles. The molecule has 8 heteroatoms. The van der Waals surface area contributed by atoms with Gasteiger partial charge in [0.05, 0.1) is 17.7 Å². The van der Waals surface area contributed by atoms with Crippen LogP contribution in [0.25, 0.3) is 0 Å². The summed E-state index contributed by atoms with van der Waals surface area (Å²) in [6.07, 6.45) is -3.62. The van der Waals surface area contributed by atoms with Crippen molar-refractivity contribution in [3.8, 4) is 5.75 Å². The van der Waals surface area contributed by atoms with Crippen LogP contribution in [0, 0.1) is 5.92 Å². The molecule has 2 rings (SSSR count). The van der Waals surface area contributed by atoms with Gasteiger partial charge in [-0.25, -0.2) is 0 Å². The van der Waals surface area contributed by atoms with Gasteiger partial charge in [-0.3, -0.25) is 10.1 Å². The molecule has 4 nitrogen and oxygen atoms in total. The number of amides is 1. The minimum absolute atomic E-state index is 0.110. The van der Waals surface area contributed by atoms with Crippen LogP contribution >= 0.6 is 12.2 Å². The molecule has 1 amide bonds. The van der Waals surface area contributed by atoms with Crippen molar-refractivity contribution in [2.75, 3.05) is 11.9 Å². The topological polar surface area (TPSA) is 50.4 Å². The molecule has 0 aromatic heterocycles. The first-order valence-corrected chi connectivity index (χ1v) is 9.09. The van der Waals surface area contributed by atoms with E-state index in [-0.39, 0.29) is 10.8 Å². The number of alkyl halides is 3. The summed E-state index contributed by atoms with van der Waals surface area (Å²) in [7, 11) is 0. The number of hydrogen-bond acceptors (Lipinski definition) is 3. The molecule has 0 aliphatic rings. The molecule has 0 saturated carbocycles. The molecule has 0 spiro atoms. The standard InChI is InChI=1S/C20H21F3N2O2S/c1-13(2)10-11-27-17-9-4-3-8-16(17)18(26)25-19(28)24-15-7-5-6-14(12-15)20(21,22)23/h3-9,12-13H,10-11H2,1-2H3,(H2,24,25,26,28). The third-order valence-corrected chi connectivity index (χ3v) is 3.96. The van der Waals surface area contributed by atoms with Crippen molar-refractivity contribution >= 4 is 28.9 Å². The Morgan fingerprint density at radius 1 is 1.14 bits per heavy atom. The fraction of sp³-hybridized carbons (Fsp3) is 0.300. The fourth-order valence-electron chi connectivity index (χ4n) is 2.29. The largest absolute Gasteiger partial charge is 0.493 e. The van der Waals surface area contributed by atoms with Gasteiger partial charge in [0.15, 0.2) is 5.11 Å². The summed E-state index contributed by atoms with van der Waals surface area (Å²) < 4.78 is 44.0. The molecular formula is C20H21F3N2O2S. The number of ether oxygens (including phenoxy) is 1. The number of para-hydroxylation sites is 1. The van der Waals surface area contributed by atoms with Gasteiger partial charge >= 0.3 is 6.18 Å². The Morgan fingerprint density at radius 2 is 1.86 bits per heavy atom. The molecule has 150 valence electrons. The van der Waals surface area contributed by atoms with Gasteiger partial charge in [0.25, 0.3) is 5.91 Å². The summed E-state index contributed by atoms with van der Waals surface area (Å²) >= 11 is 5.05. The highest BCUT2D eigenvalue weighted by atomic mass is 32.1. The van der Waals surface area contributed by atoms with Gasteiger partial charge in [0, 0.05) is 5.69 Å². The van der Waals surface area contributed by atoms with Crippen molar-refractivity contribution in [3.05, 3.63) is 59.7 Å². The van der Waals surface area contributed by atoms with Gasteiger partial charge in [0.2, 0.25) is 0 Å². The predicted octanol–water partition coefficient (Wildman–Crippen LogP) is 5.26. The summed E-state index contributed by atoms with van der Waals surface area (Å²) in [6, 6.07) is 11.3. The Kier molecular flexibility index (Phi) is 7.39. The van der Waals surface area contributed by atoms with Crippen LogP contribution in [-0.4, -0.2) is 17.6 Å². The maximum Gasteiger partial charge on any atom is 0.416 e. The van der Waals surface area contributed by atoms with Crippen molar-refractivity contribution in [2.24, 2.45) is 5.92 Å². The first-order valence-electron chi connectivity index (χ1n) is 8.68. The minimum Gasteiger partial charge on any atom is -0.493 e. The molecule has 2 aromatic carbocycles. The monoisotopic (exact) mass is 410 g/mol. The predicted molar refractivity (Wildman–Crippen MR) is 107 cm³/mol. The number of hydrogen-bond donors (Lipinski definition) is 2. The van der Waals surface area contributed by atoms with E-state index in [2.05, 4.69) is 24.5 Å². The van der Waals surface area contributed by atoms with Crippen LogP contribution in [0.3, 0.4) is 0 Å². The van der Waals surface area contributed by atoms with Crippen molar-refractivity contribution in [3.63, 3.8) is 0 Å². The zero-order valence-corrected chi connectivity index (χ0v) is 16.3. The molecule has 0 atom stereocenters. The van der Waals surface area contributed by atoms with E-state index in [9.17, 15) is 18.0 Å². The van der Waals surface area contributed by atoms with Crippen LogP contribution in [0.5, 0.6) is 5.75 Å². The van der Waals surface area contributed by atoms with E-state index in [4.69, 9.17) is 17.0 Å². The SMILES string of the molecule is CC(C)CCOc1ccccc1C(=O)NC(=S)Nc1cccc(C(F)(F)F)c1. The molecule has 2 N–H and O–H groups in total. The molecule has 0 bridgehead atoms. The molecule has 0 unspecified atom stereocenters. The second kappa shape index (κ2) is 9.54. The van der Waals surface area contributed by atoms with Crippen molar-refractivity contribution in [1.29, 1.82) is 0 Å². The van der Waals surface area contributed by atoms with Crippen LogP contribution in [0.1, 0.15) is 36.2 Å². The van der Waals surface area contributed by atoms with Crippen LogP contribution < -0.4 is 15.4 Å². The number of benzene rings is 2. The normalized spacial score (nSPS) is 11.2. The Labute approximate surface area is 167 Å². The summed E-state index contributed by atoms with van der Waals surface area (Å²) in [5.74, 6) is 0.373. The Hall–Kier alpha value is -2.61. The summed E-state index contributed by atoms with van der Waals surface area (Å²) in [5.41, 5.74) is -0.392. The van der Waals surface area contributed by atoms with Crippen LogP contribution in [0.2, 0.25) is 0 Å². The lowest BCUT2D eigenvalue weighted by Gasteiger charge is -2.14. The van der Waals surface area contributed by atoms with E-state index >= 15 is 0 Å². The Morgan fingerprint density at radius 3 is 2.54 bits per heavy atom. The molecule has 0 heterocycles. The highest BCUT2D eigenvalue weighted by molar-refractivity contribution is 7.80. The summed E-state index contributed by atoms with van der Waals surface area (Å²) in [4.78, 5) is 12.5. The van der Waals surface area contributed by atoms with Gasteiger partial charge in [-0.05, 0) is 54.9 Å². The fourth-order valence-corrected chi connectivity index (χ4v) is 2.50. The number of carbonyl (C=O) groups is 1. The second-order valence-electron chi connectivity index (χ2n) is 6.51. The van der Waals surface area contributed by atoms with Crippen LogP contribution in [-0.2, 0) is 6.18 Å². The number of nitrogens with one attached hydrogen (secondary N) is 2. The van der Waals surface area contributed by atoms with Crippen LogP contribution in [0.4, 0.5) is 18.9 Å². The highest BCUT2D eigenvalue weighted by Crippen LogP contribution is 2.30. The van der Waals surface area contributed by atoms with Gasteiger partial charge in [-0.1, -0.05) is 32.0 Å². The smallest absolute Gasteiger partial charge is 0.416 e. The van der Waals surface area contributed by atoms with E-state index in [0.29, 0.717) is 23.8 Å². The number of anilines is 1. The molecule has 0 aliphatic carbocycles. The molecule has 0 radical (unpaired) electrons. The van der Waals surface area contributed by atoms with Crippen molar-refractivity contribution in [1.82, 2.24) is 5.32 Å². The van der Waals surface area contributed by atoms with E-state index in [1.165, 1.54) is 12.1 Å². The third-order valence-electron chi connectivity index (χ3n) is 3.76. The van der Waals surface area contributed by atoms with E-state index in [0.717, 1.165) is 18.6 Å². The van der Waals surface area contributed by atoms with Crippen LogP contribution in [0.15, 0.2) is 48.5 Å². The maximum absolute atomic E-state index is 12.8. The van der Waals surface area contributed by atoms with Gasteiger partial charge in [-0.2, -0.15) is 13.2 Å². The molecule has 28 heavy (non-hydrogen) atoms. The average molecular weight is 410 g/mol. The Bertz CT molecular complexity index is 838. The zero-order chi connectivity index (χ0) is 20.7. The third kappa shape index (κ3) is 6.53. The number of thiocarbonyl (C=S) groups is 1.